The van der Waals surface area contributed by atoms with E-state index >= 15 is 0 Å². The molecule has 0 saturated carbocycles. The lowest BCUT2D eigenvalue weighted by Gasteiger charge is -2.15. The second-order valence-electron chi connectivity index (χ2n) is 7.80. The van der Waals surface area contributed by atoms with E-state index in [1.54, 1.807) is 29.3 Å². The van der Waals surface area contributed by atoms with E-state index in [4.69, 9.17) is 0 Å². The number of aromatic nitrogens is 4. The van der Waals surface area contributed by atoms with Gasteiger partial charge in [-0.15, -0.1) is 0 Å². The van der Waals surface area contributed by atoms with Gasteiger partial charge < -0.3 is 10.6 Å². The van der Waals surface area contributed by atoms with Crippen molar-refractivity contribution in [1.29, 1.82) is 0 Å². The summed E-state index contributed by atoms with van der Waals surface area (Å²) in [6.07, 6.45) is 7.14. The molecule has 0 spiro atoms. The summed E-state index contributed by atoms with van der Waals surface area (Å²) in [4.78, 5) is 22.4. The van der Waals surface area contributed by atoms with Crippen LogP contribution in [0.1, 0.15) is 15.9 Å². The molecule has 2 aromatic carbocycles. The lowest BCUT2D eigenvalue weighted by Crippen LogP contribution is -2.14. The van der Waals surface area contributed by atoms with Gasteiger partial charge >= 0.3 is 0 Å². The molecule has 1 amide bonds. The summed E-state index contributed by atoms with van der Waals surface area (Å²) in [5.41, 5.74) is 5.48. The summed E-state index contributed by atoms with van der Waals surface area (Å²) in [5, 5.41) is 11.6. The van der Waals surface area contributed by atoms with Crippen molar-refractivity contribution in [2.45, 2.75) is 6.92 Å². The van der Waals surface area contributed by atoms with E-state index in [0.29, 0.717) is 22.6 Å². The summed E-state index contributed by atoms with van der Waals surface area (Å²) in [6.45, 7) is 2.02. The topological polar surface area (TPSA) is 84.7 Å². The van der Waals surface area contributed by atoms with E-state index in [9.17, 15) is 4.79 Å². The van der Waals surface area contributed by atoms with Crippen LogP contribution in [0.4, 0.5) is 17.2 Å². The van der Waals surface area contributed by atoms with Gasteiger partial charge in [0.15, 0.2) is 5.82 Å². The quantitative estimate of drug-likeness (QED) is 0.390. The van der Waals surface area contributed by atoms with E-state index in [-0.39, 0.29) is 5.91 Å². The number of amides is 1. The second-order valence-corrected chi connectivity index (χ2v) is 7.80. The molecule has 0 radical (unpaired) electrons. The van der Waals surface area contributed by atoms with Gasteiger partial charge in [0.25, 0.3) is 5.91 Å². The van der Waals surface area contributed by atoms with Crippen LogP contribution in [0, 0.1) is 6.92 Å². The molecule has 162 valence electrons. The molecule has 7 heteroatoms. The molecule has 3 aromatic heterocycles. The Hall–Kier alpha value is -4.52. The Morgan fingerprint density at radius 3 is 2.58 bits per heavy atom. The molecule has 0 aliphatic carbocycles. The maximum Gasteiger partial charge on any atom is 0.257 e. The number of carbonyl (C=O) groups excluding carboxylic acids is 1. The summed E-state index contributed by atoms with van der Waals surface area (Å²) < 4.78 is 1.73. The third-order valence-corrected chi connectivity index (χ3v) is 5.45. The summed E-state index contributed by atoms with van der Waals surface area (Å²) in [6, 6.07) is 19.2. The number of para-hydroxylation sites is 2. The van der Waals surface area contributed by atoms with Gasteiger partial charge in [-0.05, 0) is 36.8 Å². The third kappa shape index (κ3) is 4.16. The first-order valence-electron chi connectivity index (χ1n) is 10.6. The van der Waals surface area contributed by atoms with Gasteiger partial charge in [-0.1, -0.05) is 36.4 Å². The van der Waals surface area contributed by atoms with Gasteiger partial charge in [0.05, 0.1) is 23.0 Å². The molecule has 0 unspecified atom stereocenters. The number of anilines is 3. The number of hydrogen-bond donors (Lipinski definition) is 2. The zero-order valence-electron chi connectivity index (χ0n) is 18.3. The molecular weight excluding hydrogens is 412 g/mol. The number of carbonyl (C=O) groups is 1. The minimum atomic E-state index is -0.253. The maximum absolute atomic E-state index is 13.3. The molecule has 0 atom stereocenters. The Kier molecular flexibility index (Phi) is 5.28. The first kappa shape index (κ1) is 20.4. The van der Waals surface area contributed by atoms with Crippen molar-refractivity contribution in [3.63, 3.8) is 0 Å². The standard InChI is InChI=1S/C26H22N6O/c1-17-7-3-4-11-22(17)30-25-23(13-19(14-28-25)20-15-29-32(2)16-20)31-26(33)21-10-5-8-18-9-6-12-27-24(18)21/h3-16H,1-2H3,(H,28,30)(H,31,33). The first-order chi connectivity index (χ1) is 16.1. The van der Waals surface area contributed by atoms with Crippen LogP contribution in [-0.2, 0) is 7.05 Å². The summed E-state index contributed by atoms with van der Waals surface area (Å²) in [5.74, 6) is 0.302. The van der Waals surface area contributed by atoms with Crippen LogP contribution in [0.25, 0.3) is 22.0 Å². The maximum atomic E-state index is 13.3. The van der Waals surface area contributed by atoms with Crippen LogP contribution in [-0.4, -0.2) is 25.7 Å². The predicted molar refractivity (Wildman–Crippen MR) is 131 cm³/mol. The molecule has 0 fully saturated rings. The second kappa shape index (κ2) is 8.55. The third-order valence-electron chi connectivity index (χ3n) is 5.45. The Morgan fingerprint density at radius 1 is 0.909 bits per heavy atom. The molecule has 0 aliphatic rings. The number of rotatable bonds is 5. The van der Waals surface area contributed by atoms with E-state index in [2.05, 4.69) is 25.7 Å². The zero-order chi connectivity index (χ0) is 22.8. The van der Waals surface area contributed by atoms with Crippen LogP contribution >= 0.6 is 0 Å². The fourth-order valence-electron chi connectivity index (χ4n) is 3.71. The van der Waals surface area contributed by atoms with Gasteiger partial charge in [-0.2, -0.15) is 5.10 Å². The lowest BCUT2D eigenvalue weighted by molar-refractivity contribution is 0.102. The molecule has 0 bridgehead atoms. The van der Waals surface area contributed by atoms with Crippen molar-refractivity contribution >= 4 is 34.0 Å². The first-order valence-corrected chi connectivity index (χ1v) is 10.6. The van der Waals surface area contributed by atoms with Gasteiger partial charge in [0.2, 0.25) is 0 Å². The molecule has 7 nitrogen and oxygen atoms in total. The minimum Gasteiger partial charge on any atom is -0.338 e. The largest absolute Gasteiger partial charge is 0.338 e. The predicted octanol–water partition coefficient (Wildman–Crippen LogP) is 5.33. The van der Waals surface area contributed by atoms with E-state index in [0.717, 1.165) is 27.8 Å². The number of fused-ring (bicyclic) bond motifs is 1. The van der Waals surface area contributed by atoms with Crippen LogP contribution in [0.15, 0.2) is 85.5 Å². The highest BCUT2D eigenvalue weighted by Gasteiger charge is 2.16. The van der Waals surface area contributed by atoms with Crippen LogP contribution in [0.3, 0.4) is 0 Å². The fourth-order valence-corrected chi connectivity index (χ4v) is 3.71. The van der Waals surface area contributed by atoms with Gasteiger partial charge in [-0.25, -0.2) is 4.98 Å². The number of aryl methyl sites for hydroxylation is 2. The summed E-state index contributed by atoms with van der Waals surface area (Å²) >= 11 is 0. The van der Waals surface area contributed by atoms with Gasteiger partial charge in [0.1, 0.15) is 0 Å². The van der Waals surface area contributed by atoms with Gasteiger partial charge in [-0.3, -0.25) is 14.5 Å². The number of hydrogen-bond acceptors (Lipinski definition) is 5. The number of nitrogens with zero attached hydrogens (tertiary/aromatic N) is 4. The van der Waals surface area contributed by atoms with Crippen molar-refractivity contribution in [2.24, 2.45) is 7.05 Å². The highest BCUT2D eigenvalue weighted by Crippen LogP contribution is 2.30. The molecule has 5 aromatic rings. The Labute approximate surface area is 191 Å². The minimum absolute atomic E-state index is 0.253. The molecule has 2 N–H and O–H groups in total. The molecule has 0 saturated heterocycles. The molecule has 0 aliphatic heterocycles. The van der Waals surface area contributed by atoms with E-state index in [1.807, 2.05) is 74.8 Å². The smallest absolute Gasteiger partial charge is 0.257 e. The van der Waals surface area contributed by atoms with Crippen molar-refractivity contribution in [3.05, 3.63) is 96.6 Å². The average Bonchev–Trinajstić information content (AvgIpc) is 3.27. The van der Waals surface area contributed by atoms with E-state index < -0.39 is 0 Å². The van der Waals surface area contributed by atoms with Crippen molar-refractivity contribution < 1.29 is 4.79 Å². The molecule has 33 heavy (non-hydrogen) atoms. The number of pyridine rings is 2. The normalized spacial score (nSPS) is 10.8. The lowest BCUT2D eigenvalue weighted by atomic mass is 10.1. The van der Waals surface area contributed by atoms with Crippen LogP contribution in [0.5, 0.6) is 0 Å². The van der Waals surface area contributed by atoms with Crippen molar-refractivity contribution in [1.82, 2.24) is 19.7 Å². The highest BCUT2D eigenvalue weighted by molar-refractivity contribution is 6.12. The zero-order valence-corrected chi connectivity index (χ0v) is 18.3. The fraction of sp³-hybridized carbons (Fsp3) is 0.0769. The highest BCUT2D eigenvalue weighted by atomic mass is 16.1. The van der Waals surface area contributed by atoms with Gasteiger partial charge in [0, 0.05) is 47.8 Å². The number of benzene rings is 2. The summed E-state index contributed by atoms with van der Waals surface area (Å²) in [7, 11) is 1.86. The van der Waals surface area contributed by atoms with E-state index in [1.165, 1.54) is 0 Å². The molecular formula is C26H22N6O. The van der Waals surface area contributed by atoms with Crippen molar-refractivity contribution in [2.75, 3.05) is 10.6 Å². The van der Waals surface area contributed by atoms with Crippen LogP contribution < -0.4 is 10.6 Å². The average molecular weight is 435 g/mol. The Balaban J connectivity index is 1.55. The Morgan fingerprint density at radius 2 is 1.76 bits per heavy atom. The monoisotopic (exact) mass is 434 g/mol. The Bertz CT molecular complexity index is 1470. The molecule has 5 rings (SSSR count). The molecule has 3 heterocycles. The SMILES string of the molecule is Cc1ccccc1Nc1ncc(-c2cnn(C)c2)cc1NC(=O)c1cccc2cccnc12. The van der Waals surface area contributed by atoms with Crippen LogP contribution in [0.2, 0.25) is 0 Å². The number of nitrogens with one attached hydrogen (secondary N) is 2. The van der Waals surface area contributed by atoms with Crippen molar-refractivity contribution in [3.8, 4) is 11.1 Å².